The van der Waals surface area contributed by atoms with Crippen LogP contribution in [-0.4, -0.2) is 29.2 Å². The highest BCUT2D eigenvalue weighted by molar-refractivity contribution is 5.97. The summed E-state index contributed by atoms with van der Waals surface area (Å²) in [4.78, 5) is 30.5. The molecule has 0 saturated heterocycles. The normalized spacial score (nSPS) is 14.0. The third-order valence-corrected chi connectivity index (χ3v) is 2.89. The smallest absolute Gasteiger partial charge is 0.201 e. The summed E-state index contributed by atoms with van der Waals surface area (Å²) < 4.78 is 0. The standard InChI is InChI=1S/C15H16N4O2/c1-9(2)17-15-16-6-12(14(8-21)19-15)13-5-4-11(7-20)10(3)18-13/h4-7,9H,1-3H3,(H2,16,17,19). The molecule has 21 heavy (non-hydrogen) atoms. The molecular weight excluding hydrogens is 268 g/mol. The Kier molecular flexibility index (Phi) is 4.30. The molecule has 6 heteroatoms. The van der Waals surface area contributed by atoms with Crippen LogP contribution in [0.2, 0.25) is 0 Å². The quantitative estimate of drug-likeness (QED) is 0.644. The van der Waals surface area contributed by atoms with Gasteiger partial charge in [-0.05, 0) is 32.9 Å². The van der Waals surface area contributed by atoms with Gasteiger partial charge in [-0.3, -0.25) is 9.78 Å². The highest BCUT2D eigenvalue weighted by Gasteiger charge is 2.18. The number of hydrogen-bond acceptors (Lipinski definition) is 6. The predicted octanol–water partition coefficient (Wildman–Crippen LogP) is 1.22. The van der Waals surface area contributed by atoms with E-state index in [1.165, 1.54) is 0 Å². The molecule has 2 rings (SSSR count). The Hall–Kier alpha value is -2.72. The lowest BCUT2D eigenvalue weighted by atomic mass is 10.1. The van der Waals surface area contributed by atoms with Gasteiger partial charge in [0, 0.05) is 23.5 Å². The van der Waals surface area contributed by atoms with Gasteiger partial charge in [0.2, 0.25) is 5.96 Å². The van der Waals surface area contributed by atoms with Crippen molar-refractivity contribution in [1.29, 1.82) is 0 Å². The van der Waals surface area contributed by atoms with Crippen LogP contribution in [0.3, 0.4) is 0 Å². The molecule has 0 bridgehead atoms. The second-order valence-corrected chi connectivity index (χ2v) is 4.91. The number of carbonyl (C=O) groups excluding carboxylic acids is 2. The second-order valence-electron chi connectivity index (χ2n) is 4.91. The lowest BCUT2D eigenvalue weighted by molar-refractivity contribution is 0.112. The van der Waals surface area contributed by atoms with Gasteiger partial charge in [-0.1, -0.05) is 0 Å². The summed E-state index contributed by atoms with van der Waals surface area (Å²) >= 11 is 0. The van der Waals surface area contributed by atoms with Crippen molar-refractivity contribution in [2.75, 3.05) is 0 Å². The van der Waals surface area contributed by atoms with Crippen LogP contribution in [0.4, 0.5) is 0 Å². The number of carbonyl (C=O) groups is 1. The number of guanidine groups is 1. The molecule has 0 spiro atoms. The van der Waals surface area contributed by atoms with E-state index in [1.807, 2.05) is 19.8 Å². The van der Waals surface area contributed by atoms with Crippen molar-refractivity contribution >= 4 is 23.8 Å². The van der Waals surface area contributed by atoms with Crippen LogP contribution in [0, 0.1) is 6.92 Å². The van der Waals surface area contributed by atoms with Crippen LogP contribution < -0.4 is 10.6 Å². The number of hydrogen-bond donors (Lipinski definition) is 2. The first-order valence-corrected chi connectivity index (χ1v) is 6.55. The molecule has 108 valence electrons. The molecule has 1 aliphatic heterocycles. The first kappa shape index (κ1) is 14.7. The highest BCUT2D eigenvalue weighted by atomic mass is 16.1. The van der Waals surface area contributed by atoms with Crippen LogP contribution in [0.25, 0.3) is 5.57 Å². The molecule has 6 nitrogen and oxygen atoms in total. The number of aryl methyl sites for hydroxylation is 1. The SMILES string of the molecule is Cc1nc(C2=CN=C(NC(C)C)NC2=C=O)ccc1C=O. The number of pyridine rings is 1. The van der Waals surface area contributed by atoms with E-state index in [1.54, 1.807) is 25.3 Å². The minimum absolute atomic E-state index is 0.186. The molecule has 0 fully saturated rings. The number of aromatic nitrogens is 1. The Balaban J connectivity index is 2.40. The lowest BCUT2D eigenvalue weighted by Crippen LogP contribution is -2.42. The van der Waals surface area contributed by atoms with E-state index in [2.05, 4.69) is 20.6 Å². The molecule has 1 aromatic heterocycles. The Morgan fingerprint density at radius 2 is 2.14 bits per heavy atom. The van der Waals surface area contributed by atoms with Gasteiger partial charge in [0.25, 0.3) is 0 Å². The first-order chi connectivity index (χ1) is 10.0. The van der Waals surface area contributed by atoms with Crippen molar-refractivity contribution in [1.82, 2.24) is 15.6 Å². The average molecular weight is 284 g/mol. The molecule has 0 saturated carbocycles. The summed E-state index contributed by atoms with van der Waals surface area (Å²) in [5.74, 6) is 2.35. The molecule has 0 aliphatic carbocycles. The maximum atomic E-state index is 11.2. The van der Waals surface area contributed by atoms with Gasteiger partial charge >= 0.3 is 0 Å². The first-order valence-electron chi connectivity index (χ1n) is 6.55. The molecule has 0 unspecified atom stereocenters. The van der Waals surface area contributed by atoms with Crippen molar-refractivity contribution in [3.8, 4) is 0 Å². The van der Waals surface area contributed by atoms with Crippen molar-refractivity contribution in [3.05, 3.63) is 41.0 Å². The Morgan fingerprint density at radius 1 is 1.38 bits per heavy atom. The molecule has 1 aliphatic rings. The topological polar surface area (TPSA) is 83.4 Å². The maximum absolute atomic E-state index is 11.2. The van der Waals surface area contributed by atoms with Gasteiger partial charge < -0.3 is 10.6 Å². The number of aldehydes is 1. The third-order valence-electron chi connectivity index (χ3n) is 2.89. The lowest BCUT2D eigenvalue weighted by Gasteiger charge is -2.19. The van der Waals surface area contributed by atoms with E-state index in [9.17, 15) is 9.59 Å². The summed E-state index contributed by atoms with van der Waals surface area (Å²) in [6.45, 7) is 5.68. The summed E-state index contributed by atoms with van der Waals surface area (Å²) in [6.07, 6.45) is 2.31. The monoisotopic (exact) mass is 284 g/mol. The Bertz CT molecular complexity index is 683. The van der Waals surface area contributed by atoms with Crippen molar-refractivity contribution in [2.45, 2.75) is 26.8 Å². The fourth-order valence-corrected chi connectivity index (χ4v) is 1.88. The Morgan fingerprint density at radius 3 is 2.71 bits per heavy atom. The zero-order valence-corrected chi connectivity index (χ0v) is 12.1. The van der Waals surface area contributed by atoms with Gasteiger partial charge in [-0.2, -0.15) is 0 Å². The highest BCUT2D eigenvalue weighted by Crippen LogP contribution is 2.21. The maximum Gasteiger partial charge on any atom is 0.201 e. The number of nitrogens with zero attached hydrogens (tertiary/aromatic N) is 2. The summed E-state index contributed by atoms with van der Waals surface area (Å²) in [5.41, 5.74) is 2.49. The van der Waals surface area contributed by atoms with Crippen molar-refractivity contribution in [3.63, 3.8) is 0 Å². The number of nitrogens with one attached hydrogen (secondary N) is 2. The molecule has 0 amide bonds. The molecule has 0 atom stereocenters. The zero-order chi connectivity index (χ0) is 15.4. The zero-order valence-electron chi connectivity index (χ0n) is 12.1. The van der Waals surface area contributed by atoms with Gasteiger partial charge in [0.05, 0.1) is 11.3 Å². The van der Waals surface area contributed by atoms with E-state index in [0.29, 0.717) is 28.5 Å². The molecule has 2 heterocycles. The predicted molar refractivity (Wildman–Crippen MR) is 80.4 cm³/mol. The molecular formula is C15H16N4O2. The van der Waals surface area contributed by atoms with Crippen LogP contribution in [0.5, 0.6) is 0 Å². The van der Waals surface area contributed by atoms with E-state index >= 15 is 0 Å². The van der Waals surface area contributed by atoms with E-state index < -0.39 is 0 Å². The van der Waals surface area contributed by atoms with Crippen molar-refractivity contribution in [2.24, 2.45) is 4.99 Å². The second kappa shape index (κ2) is 6.15. The minimum Gasteiger partial charge on any atom is -0.354 e. The molecule has 2 N–H and O–H groups in total. The fraction of sp³-hybridized carbons (Fsp3) is 0.267. The van der Waals surface area contributed by atoms with Crippen LogP contribution in [0.15, 0.2) is 29.0 Å². The average Bonchev–Trinajstić information content (AvgIpc) is 2.46. The summed E-state index contributed by atoms with van der Waals surface area (Å²) in [6, 6.07) is 3.53. The summed E-state index contributed by atoms with van der Waals surface area (Å²) in [5, 5.41) is 5.96. The van der Waals surface area contributed by atoms with E-state index in [4.69, 9.17) is 0 Å². The number of aliphatic imine (C=N–C) groups is 1. The molecule has 1 aromatic rings. The van der Waals surface area contributed by atoms with Crippen molar-refractivity contribution < 1.29 is 9.59 Å². The van der Waals surface area contributed by atoms with Gasteiger partial charge in [-0.15, -0.1) is 0 Å². The third kappa shape index (κ3) is 3.24. The van der Waals surface area contributed by atoms with Crippen LogP contribution in [-0.2, 0) is 4.79 Å². The van der Waals surface area contributed by atoms with Crippen LogP contribution in [0.1, 0.15) is 35.6 Å². The molecule has 0 aromatic carbocycles. The van der Waals surface area contributed by atoms with Gasteiger partial charge in [-0.25, -0.2) is 9.79 Å². The Labute approximate surface area is 122 Å². The molecule has 0 radical (unpaired) electrons. The summed E-state index contributed by atoms with van der Waals surface area (Å²) in [7, 11) is 0. The van der Waals surface area contributed by atoms with Gasteiger partial charge in [0.1, 0.15) is 5.70 Å². The minimum atomic E-state index is 0.186. The van der Waals surface area contributed by atoms with E-state index in [-0.39, 0.29) is 11.7 Å². The number of allylic oxidation sites excluding steroid dienone is 1. The van der Waals surface area contributed by atoms with Gasteiger partial charge in [0.15, 0.2) is 12.2 Å². The number of rotatable bonds is 3. The van der Waals surface area contributed by atoms with E-state index in [0.717, 1.165) is 6.29 Å². The fourth-order valence-electron chi connectivity index (χ4n) is 1.88. The largest absolute Gasteiger partial charge is 0.354 e. The van der Waals surface area contributed by atoms with Crippen LogP contribution >= 0.6 is 0 Å².